The second kappa shape index (κ2) is 6.75. The van der Waals surface area contributed by atoms with Crippen LogP contribution in [0.5, 0.6) is 0 Å². The van der Waals surface area contributed by atoms with E-state index in [0.717, 1.165) is 24.0 Å². The Kier molecular flexibility index (Phi) is 4.29. The van der Waals surface area contributed by atoms with Crippen molar-refractivity contribution in [2.75, 3.05) is 0 Å². The molecule has 0 spiro atoms. The molecule has 5 heteroatoms. The zero-order valence-electron chi connectivity index (χ0n) is 14.7. The lowest BCUT2D eigenvalue weighted by molar-refractivity contribution is -0.123. The Hall–Kier alpha value is -2.95. The number of aryl methyl sites for hydroxylation is 1. The Balaban J connectivity index is 1.38. The number of amides is 1. The fourth-order valence-electron chi connectivity index (χ4n) is 3.25. The van der Waals surface area contributed by atoms with Gasteiger partial charge in [-0.15, -0.1) is 0 Å². The Bertz CT molecular complexity index is 914. The monoisotopic (exact) mass is 347 g/mol. The minimum Gasteiger partial charge on any atom is -0.346 e. The summed E-state index contributed by atoms with van der Waals surface area (Å²) >= 11 is 0. The Morgan fingerprint density at radius 2 is 1.96 bits per heavy atom. The highest BCUT2D eigenvalue weighted by Gasteiger charge is 2.51. The molecule has 26 heavy (non-hydrogen) atoms. The van der Waals surface area contributed by atoms with Gasteiger partial charge in [-0.25, -0.2) is 0 Å². The largest absolute Gasteiger partial charge is 0.346 e. The standard InChI is InChI=1S/C21H21N3O2/c1-15-6-5-9-17(12-15)21(10-11-21)20(25)22-14-19-23-18(24-26-19)13-16-7-3-2-4-8-16/h2-9,12H,10-11,13-14H2,1H3,(H,22,25). The molecular weight excluding hydrogens is 326 g/mol. The van der Waals surface area contributed by atoms with Gasteiger partial charge in [-0.1, -0.05) is 65.3 Å². The molecule has 4 rings (SSSR count). The van der Waals surface area contributed by atoms with E-state index in [1.54, 1.807) is 0 Å². The van der Waals surface area contributed by atoms with Crippen LogP contribution in [0, 0.1) is 6.92 Å². The van der Waals surface area contributed by atoms with Crippen LogP contribution in [0.2, 0.25) is 0 Å². The SMILES string of the molecule is Cc1cccc(C2(C(=O)NCc3nc(Cc4ccccc4)no3)CC2)c1. The maximum Gasteiger partial charge on any atom is 0.246 e. The van der Waals surface area contributed by atoms with Crippen molar-refractivity contribution in [1.29, 1.82) is 0 Å². The van der Waals surface area contributed by atoms with Gasteiger partial charge >= 0.3 is 0 Å². The van der Waals surface area contributed by atoms with Crippen LogP contribution in [-0.4, -0.2) is 16.0 Å². The van der Waals surface area contributed by atoms with E-state index >= 15 is 0 Å². The fraction of sp³-hybridized carbons (Fsp3) is 0.286. The van der Waals surface area contributed by atoms with Crippen LogP contribution in [0.4, 0.5) is 0 Å². The van der Waals surface area contributed by atoms with Crippen molar-refractivity contribution in [2.24, 2.45) is 0 Å². The normalized spacial score (nSPS) is 14.8. The average Bonchev–Trinajstić information content (AvgIpc) is 3.36. The van der Waals surface area contributed by atoms with E-state index in [2.05, 4.69) is 21.5 Å². The lowest BCUT2D eigenvalue weighted by Crippen LogP contribution is -2.34. The quantitative estimate of drug-likeness (QED) is 0.743. The number of hydrogen-bond acceptors (Lipinski definition) is 4. The Labute approximate surface area is 152 Å². The molecule has 3 aromatic rings. The molecule has 1 heterocycles. The van der Waals surface area contributed by atoms with Gasteiger partial charge in [0.15, 0.2) is 5.82 Å². The van der Waals surface area contributed by atoms with Crippen molar-refractivity contribution in [3.8, 4) is 0 Å². The van der Waals surface area contributed by atoms with Crippen LogP contribution in [0.25, 0.3) is 0 Å². The molecule has 0 unspecified atom stereocenters. The van der Waals surface area contributed by atoms with E-state index < -0.39 is 0 Å². The number of benzene rings is 2. The predicted octanol–water partition coefficient (Wildman–Crippen LogP) is 3.32. The van der Waals surface area contributed by atoms with Gasteiger partial charge in [-0.3, -0.25) is 4.79 Å². The first kappa shape index (κ1) is 16.5. The van der Waals surface area contributed by atoms with Crippen molar-refractivity contribution in [2.45, 2.75) is 38.1 Å². The zero-order valence-corrected chi connectivity index (χ0v) is 14.7. The molecule has 0 aliphatic heterocycles. The first-order valence-corrected chi connectivity index (χ1v) is 8.87. The number of aromatic nitrogens is 2. The number of rotatable bonds is 6. The number of nitrogens with one attached hydrogen (secondary N) is 1. The molecule has 1 aromatic heterocycles. The van der Waals surface area contributed by atoms with Gasteiger partial charge in [-0.05, 0) is 30.9 Å². The van der Waals surface area contributed by atoms with E-state index in [1.807, 2.05) is 55.5 Å². The first-order chi connectivity index (χ1) is 12.7. The molecular formula is C21H21N3O2. The van der Waals surface area contributed by atoms with Crippen molar-refractivity contribution < 1.29 is 9.32 Å². The van der Waals surface area contributed by atoms with E-state index in [-0.39, 0.29) is 17.9 Å². The van der Waals surface area contributed by atoms with Crippen molar-refractivity contribution in [1.82, 2.24) is 15.5 Å². The summed E-state index contributed by atoms with van der Waals surface area (Å²) in [5.41, 5.74) is 2.99. The van der Waals surface area contributed by atoms with E-state index in [4.69, 9.17) is 4.52 Å². The predicted molar refractivity (Wildman–Crippen MR) is 97.5 cm³/mol. The summed E-state index contributed by atoms with van der Waals surface area (Å²) in [4.78, 5) is 17.1. The number of hydrogen-bond donors (Lipinski definition) is 1. The van der Waals surface area contributed by atoms with Crippen LogP contribution in [0.15, 0.2) is 59.1 Å². The van der Waals surface area contributed by atoms with E-state index in [0.29, 0.717) is 18.1 Å². The minimum atomic E-state index is -0.390. The molecule has 1 aliphatic carbocycles. The topological polar surface area (TPSA) is 68.0 Å². The van der Waals surface area contributed by atoms with Gasteiger partial charge in [0.05, 0.1) is 12.0 Å². The molecule has 0 radical (unpaired) electrons. The zero-order chi connectivity index (χ0) is 18.0. The summed E-state index contributed by atoms with van der Waals surface area (Å²) in [5, 5.41) is 6.96. The highest BCUT2D eigenvalue weighted by Crippen LogP contribution is 2.48. The third-order valence-electron chi connectivity index (χ3n) is 4.87. The average molecular weight is 347 g/mol. The molecule has 0 atom stereocenters. The molecule has 1 N–H and O–H groups in total. The molecule has 0 bridgehead atoms. The van der Waals surface area contributed by atoms with Gasteiger partial charge in [0.2, 0.25) is 11.8 Å². The summed E-state index contributed by atoms with van der Waals surface area (Å²) in [6, 6.07) is 18.2. The highest BCUT2D eigenvalue weighted by atomic mass is 16.5. The molecule has 2 aromatic carbocycles. The summed E-state index contributed by atoms with van der Waals surface area (Å²) in [5.74, 6) is 1.09. The molecule has 1 amide bonds. The van der Waals surface area contributed by atoms with Gasteiger partial charge in [0, 0.05) is 6.42 Å². The highest BCUT2D eigenvalue weighted by molar-refractivity contribution is 5.91. The second-order valence-corrected chi connectivity index (χ2v) is 6.90. The fourth-order valence-corrected chi connectivity index (χ4v) is 3.25. The van der Waals surface area contributed by atoms with Gasteiger partial charge in [0.1, 0.15) is 0 Å². The third kappa shape index (κ3) is 3.38. The lowest BCUT2D eigenvalue weighted by atomic mass is 9.93. The Morgan fingerprint density at radius 1 is 1.15 bits per heavy atom. The van der Waals surface area contributed by atoms with Crippen molar-refractivity contribution in [3.05, 3.63) is 83.0 Å². The molecule has 132 valence electrons. The summed E-state index contributed by atoms with van der Waals surface area (Å²) in [7, 11) is 0. The summed E-state index contributed by atoms with van der Waals surface area (Å²) in [6.45, 7) is 2.30. The molecule has 1 fully saturated rings. The number of carbonyl (C=O) groups excluding carboxylic acids is 1. The second-order valence-electron chi connectivity index (χ2n) is 6.90. The third-order valence-corrected chi connectivity index (χ3v) is 4.87. The van der Waals surface area contributed by atoms with Crippen molar-refractivity contribution >= 4 is 5.91 Å². The maximum absolute atomic E-state index is 12.7. The maximum atomic E-state index is 12.7. The van der Waals surface area contributed by atoms with Crippen molar-refractivity contribution in [3.63, 3.8) is 0 Å². The Morgan fingerprint density at radius 3 is 2.69 bits per heavy atom. The van der Waals surface area contributed by atoms with Crippen LogP contribution in [-0.2, 0) is 23.2 Å². The lowest BCUT2D eigenvalue weighted by Gasteiger charge is -2.15. The molecule has 1 saturated carbocycles. The summed E-state index contributed by atoms with van der Waals surface area (Å²) < 4.78 is 5.27. The molecule has 0 saturated heterocycles. The van der Waals surface area contributed by atoms with E-state index in [1.165, 1.54) is 5.56 Å². The summed E-state index contributed by atoms with van der Waals surface area (Å²) in [6.07, 6.45) is 2.38. The van der Waals surface area contributed by atoms with Crippen LogP contribution in [0.1, 0.15) is 41.2 Å². The first-order valence-electron chi connectivity index (χ1n) is 8.87. The van der Waals surface area contributed by atoms with Crippen LogP contribution < -0.4 is 5.32 Å². The van der Waals surface area contributed by atoms with Gasteiger partial charge in [-0.2, -0.15) is 4.98 Å². The smallest absolute Gasteiger partial charge is 0.246 e. The van der Waals surface area contributed by atoms with Gasteiger partial charge in [0.25, 0.3) is 0 Å². The minimum absolute atomic E-state index is 0.0332. The number of carbonyl (C=O) groups is 1. The van der Waals surface area contributed by atoms with Crippen LogP contribution >= 0.6 is 0 Å². The molecule has 1 aliphatic rings. The van der Waals surface area contributed by atoms with Crippen LogP contribution in [0.3, 0.4) is 0 Å². The van der Waals surface area contributed by atoms with Gasteiger partial charge < -0.3 is 9.84 Å². The molecule has 5 nitrogen and oxygen atoms in total. The number of nitrogens with zero attached hydrogens (tertiary/aromatic N) is 2. The van der Waals surface area contributed by atoms with E-state index in [9.17, 15) is 4.79 Å².